The quantitative estimate of drug-likeness (QED) is 0.454. The monoisotopic (exact) mass is 425 g/mol. The van der Waals surface area contributed by atoms with E-state index in [9.17, 15) is 4.79 Å². The summed E-state index contributed by atoms with van der Waals surface area (Å²) in [4.78, 5) is 23.0. The Labute approximate surface area is 184 Å². The van der Waals surface area contributed by atoms with E-state index in [0.717, 1.165) is 50.0 Å². The molecule has 0 radical (unpaired) electrons. The van der Waals surface area contributed by atoms with Crippen LogP contribution in [0.4, 0.5) is 5.69 Å². The van der Waals surface area contributed by atoms with E-state index in [4.69, 9.17) is 4.98 Å². The van der Waals surface area contributed by atoms with E-state index in [-0.39, 0.29) is 5.91 Å². The number of fused-ring (bicyclic) bond motifs is 3. The highest BCUT2D eigenvalue weighted by Crippen LogP contribution is 2.43. The molecule has 0 aliphatic carbocycles. The molecule has 6 rings (SSSR count). The first-order chi connectivity index (χ1) is 15.4. The molecule has 0 saturated heterocycles. The molecule has 1 amide bonds. The molecule has 2 N–H and O–H groups in total. The molecule has 4 heterocycles. The summed E-state index contributed by atoms with van der Waals surface area (Å²) < 4.78 is 1.79. The van der Waals surface area contributed by atoms with Gasteiger partial charge in [0.05, 0.1) is 33.8 Å². The molecule has 1 aliphatic rings. The Bertz CT molecular complexity index is 1530. The molecular formula is C24H23N7O. The van der Waals surface area contributed by atoms with Gasteiger partial charge in [0.2, 0.25) is 5.91 Å². The van der Waals surface area contributed by atoms with Crippen molar-refractivity contribution in [3.8, 4) is 22.6 Å². The minimum atomic E-state index is -0.559. The molecule has 32 heavy (non-hydrogen) atoms. The van der Waals surface area contributed by atoms with Crippen molar-refractivity contribution in [2.24, 2.45) is 7.05 Å². The van der Waals surface area contributed by atoms with E-state index in [0.29, 0.717) is 12.4 Å². The van der Waals surface area contributed by atoms with Crippen LogP contribution in [0.3, 0.4) is 0 Å². The third kappa shape index (κ3) is 2.49. The highest BCUT2D eigenvalue weighted by Gasteiger charge is 2.43. The van der Waals surface area contributed by atoms with E-state index in [1.54, 1.807) is 4.68 Å². The number of amides is 1. The molecule has 0 bridgehead atoms. The Morgan fingerprint density at radius 2 is 1.94 bits per heavy atom. The van der Waals surface area contributed by atoms with Crippen LogP contribution in [0.15, 0.2) is 42.7 Å². The fourth-order valence-corrected chi connectivity index (χ4v) is 4.70. The van der Waals surface area contributed by atoms with Crippen LogP contribution >= 0.6 is 0 Å². The van der Waals surface area contributed by atoms with Gasteiger partial charge in [-0.05, 0) is 56.2 Å². The molecule has 8 nitrogen and oxygen atoms in total. The van der Waals surface area contributed by atoms with Gasteiger partial charge in [-0.25, -0.2) is 4.98 Å². The summed E-state index contributed by atoms with van der Waals surface area (Å²) in [6, 6.07) is 10.3. The van der Waals surface area contributed by atoms with Crippen LogP contribution in [0, 0.1) is 0 Å². The number of aromatic amines is 2. The van der Waals surface area contributed by atoms with Crippen LogP contribution in [0.5, 0.6) is 0 Å². The lowest BCUT2D eigenvalue weighted by molar-refractivity contribution is -0.122. The first-order valence-electron chi connectivity index (χ1n) is 10.7. The number of anilines is 1. The summed E-state index contributed by atoms with van der Waals surface area (Å²) in [5, 5.41) is 12.9. The minimum Gasteiger partial charge on any atom is -0.337 e. The number of nitrogens with zero attached hydrogens (tertiary/aromatic N) is 5. The predicted molar refractivity (Wildman–Crippen MR) is 124 cm³/mol. The van der Waals surface area contributed by atoms with Crippen molar-refractivity contribution < 1.29 is 4.79 Å². The molecule has 5 aromatic rings. The number of aromatic nitrogens is 6. The Morgan fingerprint density at radius 1 is 1.09 bits per heavy atom. The molecule has 3 aromatic heterocycles. The fraction of sp³-hybridized carbons (Fsp3) is 0.250. The first kappa shape index (κ1) is 18.8. The van der Waals surface area contributed by atoms with Gasteiger partial charge in [0.15, 0.2) is 5.82 Å². The van der Waals surface area contributed by atoms with Crippen molar-refractivity contribution in [2.75, 3.05) is 11.4 Å². The van der Waals surface area contributed by atoms with Crippen LogP contribution in [0.2, 0.25) is 0 Å². The second-order valence-corrected chi connectivity index (χ2v) is 8.88. The Kier molecular flexibility index (Phi) is 3.69. The van der Waals surface area contributed by atoms with Gasteiger partial charge in [-0.2, -0.15) is 10.2 Å². The molecule has 0 fully saturated rings. The zero-order valence-electron chi connectivity index (χ0n) is 18.4. The maximum absolute atomic E-state index is 12.8. The van der Waals surface area contributed by atoms with Crippen LogP contribution in [0.1, 0.15) is 26.3 Å². The number of H-pyrrole nitrogens is 2. The number of imidazole rings is 1. The van der Waals surface area contributed by atoms with Crippen LogP contribution in [-0.2, 0) is 17.3 Å². The molecular weight excluding hydrogens is 402 g/mol. The van der Waals surface area contributed by atoms with Gasteiger partial charge in [0, 0.05) is 30.7 Å². The number of likely N-dealkylation sites (N-methyl/N-ethyl adjacent to an activating group) is 1. The Balaban J connectivity index is 1.50. The lowest BCUT2D eigenvalue weighted by Crippen LogP contribution is -2.35. The number of carbonyl (C=O) groups excluding carboxylic acids is 1. The van der Waals surface area contributed by atoms with Crippen molar-refractivity contribution in [3.63, 3.8) is 0 Å². The van der Waals surface area contributed by atoms with E-state index in [1.807, 2.05) is 63.3 Å². The van der Waals surface area contributed by atoms with Crippen LogP contribution in [0.25, 0.3) is 44.6 Å². The van der Waals surface area contributed by atoms with E-state index in [1.165, 1.54) is 0 Å². The van der Waals surface area contributed by atoms with Gasteiger partial charge < -0.3 is 9.88 Å². The summed E-state index contributed by atoms with van der Waals surface area (Å²) in [6.45, 7) is 6.60. The normalized spacial score (nSPS) is 15.2. The summed E-state index contributed by atoms with van der Waals surface area (Å²) in [6.07, 6.45) is 3.85. The SMILES string of the molecule is CCN1C(=O)C(C)(C)c2cc3nc(-c4n[nH]c5ccc(-c6cnn(C)c6)cc45)[nH]c3cc21. The minimum absolute atomic E-state index is 0.129. The number of benzene rings is 2. The summed E-state index contributed by atoms with van der Waals surface area (Å²) in [5.41, 5.74) is 6.97. The zero-order chi connectivity index (χ0) is 22.2. The van der Waals surface area contributed by atoms with Crippen molar-refractivity contribution in [1.29, 1.82) is 0 Å². The van der Waals surface area contributed by atoms with Gasteiger partial charge in [-0.3, -0.25) is 14.6 Å². The Hall–Kier alpha value is -3.94. The third-order valence-electron chi connectivity index (χ3n) is 6.48. The summed E-state index contributed by atoms with van der Waals surface area (Å²) >= 11 is 0. The van der Waals surface area contributed by atoms with E-state index in [2.05, 4.69) is 32.4 Å². The van der Waals surface area contributed by atoms with Gasteiger partial charge in [-0.1, -0.05) is 6.07 Å². The summed E-state index contributed by atoms with van der Waals surface area (Å²) in [7, 11) is 1.91. The van der Waals surface area contributed by atoms with Crippen molar-refractivity contribution in [3.05, 3.63) is 48.3 Å². The summed E-state index contributed by atoms with van der Waals surface area (Å²) in [5.74, 6) is 0.828. The van der Waals surface area contributed by atoms with E-state index >= 15 is 0 Å². The smallest absolute Gasteiger partial charge is 0.237 e. The number of carbonyl (C=O) groups is 1. The zero-order valence-corrected chi connectivity index (χ0v) is 18.4. The van der Waals surface area contributed by atoms with Gasteiger partial charge >= 0.3 is 0 Å². The van der Waals surface area contributed by atoms with Gasteiger partial charge in [0.25, 0.3) is 0 Å². The lowest BCUT2D eigenvalue weighted by atomic mass is 9.86. The molecule has 8 heteroatoms. The van der Waals surface area contributed by atoms with Gasteiger partial charge in [-0.15, -0.1) is 0 Å². The van der Waals surface area contributed by atoms with Crippen molar-refractivity contribution in [2.45, 2.75) is 26.2 Å². The lowest BCUT2D eigenvalue weighted by Gasteiger charge is -2.18. The molecule has 0 atom stereocenters. The molecule has 0 saturated carbocycles. The average molecular weight is 425 g/mol. The van der Waals surface area contributed by atoms with Gasteiger partial charge in [0.1, 0.15) is 5.69 Å². The number of nitrogens with one attached hydrogen (secondary N) is 2. The molecule has 160 valence electrons. The first-order valence-corrected chi connectivity index (χ1v) is 10.7. The van der Waals surface area contributed by atoms with Crippen LogP contribution < -0.4 is 4.90 Å². The maximum Gasteiger partial charge on any atom is 0.237 e. The largest absolute Gasteiger partial charge is 0.337 e. The standard InChI is InChI=1S/C24H23N7O/c1-5-31-20-10-19-18(9-16(20)24(2,3)23(31)32)26-22(27-19)21-15-8-13(6-7-17(15)28-29-21)14-11-25-30(4)12-14/h6-12H,5H2,1-4H3,(H,26,27)(H,28,29). The van der Waals surface area contributed by atoms with Crippen molar-refractivity contribution >= 4 is 33.5 Å². The average Bonchev–Trinajstić information content (AvgIpc) is 3.52. The van der Waals surface area contributed by atoms with Crippen molar-refractivity contribution in [1.82, 2.24) is 29.9 Å². The van der Waals surface area contributed by atoms with E-state index < -0.39 is 5.41 Å². The number of rotatable bonds is 3. The maximum atomic E-state index is 12.8. The Morgan fingerprint density at radius 3 is 2.69 bits per heavy atom. The third-order valence-corrected chi connectivity index (χ3v) is 6.48. The fourth-order valence-electron chi connectivity index (χ4n) is 4.70. The number of hydrogen-bond donors (Lipinski definition) is 2. The molecule has 0 spiro atoms. The number of aryl methyl sites for hydroxylation is 1. The predicted octanol–water partition coefficient (Wildman–Crippen LogP) is 4.15. The second-order valence-electron chi connectivity index (χ2n) is 8.88. The molecule has 1 aliphatic heterocycles. The molecule has 0 unspecified atom stereocenters. The second kappa shape index (κ2) is 6.29. The highest BCUT2D eigenvalue weighted by atomic mass is 16.2. The molecule has 2 aromatic carbocycles. The number of hydrogen-bond acceptors (Lipinski definition) is 4. The van der Waals surface area contributed by atoms with Crippen LogP contribution in [-0.4, -0.2) is 42.4 Å². The topological polar surface area (TPSA) is 95.5 Å². The highest BCUT2D eigenvalue weighted by molar-refractivity contribution is 6.09.